The molecule has 0 aliphatic carbocycles. The zero-order valence-electron chi connectivity index (χ0n) is 14.8. The molecule has 0 aromatic heterocycles. The van der Waals surface area contributed by atoms with E-state index in [1.807, 2.05) is 19.1 Å². The first kappa shape index (κ1) is 18.6. The molecule has 2 rings (SSSR count). The Morgan fingerprint density at radius 3 is 2.40 bits per heavy atom. The first-order chi connectivity index (χ1) is 11.9. The van der Waals surface area contributed by atoms with E-state index in [0.29, 0.717) is 17.1 Å². The van der Waals surface area contributed by atoms with E-state index >= 15 is 0 Å². The van der Waals surface area contributed by atoms with Gasteiger partial charge in [-0.3, -0.25) is 4.79 Å². The highest BCUT2D eigenvalue weighted by molar-refractivity contribution is 5.78. The largest absolute Gasteiger partial charge is 0.494 e. The third-order valence-electron chi connectivity index (χ3n) is 3.73. The number of halogens is 1. The lowest BCUT2D eigenvalue weighted by Gasteiger charge is -2.16. The van der Waals surface area contributed by atoms with E-state index in [1.165, 1.54) is 19.2 Å². The Bertz CT molecular complexity index is 748. The fraction of sp³-hybridized carbons (Fsp3) is 0.316. The fourth-order valence-corrected chi connectivity index (χ4v) is 2.36. The monoisotopic (exact) mass is 347 g/mol. The average molecular weight is 347 g/mol. The van der Waals surface area contributed by atoms with Gasteiger partial charge in [0.05, 0.1) is 20.3 Å². The number of nitrogens with one attached hydrogen (secondary N) is 1. The number of hydrogen-bond acceptors (Lipinski definition) is 4. The molecule has 0 bridgehead atoms. The van der Waals surface area contributed by atoms with E-state index in [4.69, 9.17) is 14.2 Å². The summed E-state index contributed by atoms with van der Waals surface area (Å²) in [5.74, 6) is 0.439. The maximum Gasteiger partial charge on any atom is 0.258 e. The van der Waals surface area contributed by atoms with Gasteiger partial charge in [0.15, 0.2) is 29.7 Å². The molecule has 25 heavy (non-hydrogen) atoms. The Balaban J connectivity index is 1.95. The Morgan fingerprint density at radius 1 is 1.08 bits per heavy atom. The van der Waals surface area contributed by atoms with E-state index < -0.39 is 5.82 Å². The van der Waals surface area contributed by atoms with Crippen LogP contribution in [-0.4, -0.2) is 26.7 Å². The first-order valence-electron chi connectivity index (χ1n) is 7.84. The number of methoxy groups -OCH3 is 2. The fourth-order valence-electron chi connectivity index (χ4n) is 2.36. The van der Waals surface area contributed by atoms with Crippen LogP contribution >= 0.6 is 0 Å². The van der Waals surface area contributed by atoms with Crippen molar-refractivity contribution in [2.75, 3.05) is 20.8 Å². The Labute approximate surface area is 146 Å². The summed E-state index contributed by atoms with van der Waals surface area (Å²) >= 11 is 0. The van der Waals surface area contributed by atoms with Crippen molar-refractivity contribution < 1.29 is 23.4 Å². The van der Waals surface area contributed by atoms with Crippen LogP contribution in [0.2, 0.25) is 0 Å². The lowest BCUT2D eigenvalue weighted by Crippen LogP contribution is -2.31. The Hall–Kier alpha value is -2.76. The number of aryl methyl sites for hydroxylation is 1. The first-order valence-corrected chi connectivity index (χ1v) is 7.84. The summed E-state index contributed by atoms with van der Waals surface area (Å²) in [6.07, 6.45) is 0. The van der Waals surface area contributed by atoms with Crippen LogP contribution in [0, 0.1) is 12.7 Å². The van der Waals surface area contributed by atoms with Gasteiger partial charge in [-0.15, -0.1) is 0 Å². The van der Waals surface area contributed by atoms with Gasteiger partial charge in [0.25, 0.3) is 5.91 Å². The molecular weight excluding hydrogens is 325 g/mol. The van der Waals surface area contributed by atoms with Crippen LogP contribution in [-0.2, 0) is 4.79 Å². The molecule has 1 amide bonds. The van der Waals surface area contributed by atoms with Crippen LogP contribution in [0.5, 0.6) is 17.2 Å². The average Bonchev–Trinajstić information content (AvgIpc) is 2.60. The van der Waals surface area contributed by atoms with Gasteiger partial charge >= 0.3 is 0 Å². The number of ether oxygens (including phenoxy) is 3. The minimum Gasteiger partial charge on any atom is -0.494 e. The Morgan fingerprint density at radius 2 is 1.76 bits per heavy atom. The van der Waals surface area contributed by atoms with Crippen LogP contribution in [0.4, 0.5) is 4.39 Å². The van der Waals surface area contributed by atoms with E-state index in [9.17, 15) is 9.18 Å². The van der Waals surface area contributed by atoms with Crippen molar-refractivity contribution in [2.24, 2.45) is 0 Å². The van der Waals surface area contributed by atoms with Gasteiger partial charge in [-0.2, -0.15) is 0 Å². The standard InChI is InChI=1S/C19H22FNO4/c1-12-5-7-17(18(9-12)24-4)25-11-19(22)21-13(2)14-6-8-16(23-3)15(20)10-14/h5-10,13H,11H2,1-4H3,(H,21,22). The highest BCUT2D eigenvalue weighted by atomic mass is 19.1. The SMILES string of the molecule is COc1ccc(C(C)NC(=O)COc2ccc(C)cc2OC)cc1F. The quantitative estimate of drug-likeness (QED) is 0.834. The molecule has 0 aliphatic rings. The van der Waals surface area contributed by atoms with Crippen LogP contribution < -0.4 is 19.5 Å². The number of hydrogen-bond donors (Lipinski definition) is 1. The molecule has 0 heterocycles. The summed E-state index contributed by atoms with van der Waals surface area (Å²) in [4.78, 5) is 12.1. The number of amides is 1. The highest BCUT2D eigenvalue weighted by Gasteiger charge is 2.13. The minimum absolute atomic E-state index is 0.164. The lowest BCUT2D eigenvalue weighted by atomic mass is 10.1. The van der Waals surface area contributed by atoms with Gasteiger partial charge in [-0.1, -0.05) is 12.1 Å². The summed E-state index contributed by atoms with van der Waals surface area (Å²) < 4.78 is 29.4. The van der Waals surface area contributed by atoms with Crippen molar-refractivity contribution in [3.05, 3.63) is 53.3 Å². The van der Waals surface area contributed by atoms with Crippen molar-refractivity contribution in [2.45, 2.75) is 19.9 Å². The number of carbonyl (C=O) groups excluding carboxylic acids is 1. The maximum absolute atomic E-state index is 13.8. The summed E-state index contributed by atoms with van der Waals surface area (Å²) in [7, 11) is 2.95. The van der Waals surface area contributed by atoms with Crippen LogP contribution in [0.3, 0.4) is 0 Å². The number of carbonyl (C=O) groups is 1. The predicted octanol–water partition coefficient (Wildman–Crippen LogP) is 3.41. The smallest absolute Gasteiger partial charge is 0.258 e. The zero-order valence-corrected chi connectivity index (χ0v) is 14.8. The molecule has 134 valence electrons. The van der Waals surface area contributed by atoms with E-state index in [0.717, 1.165) is 5.56 Å². The third kappa shape index (κ3) is 4.86. The molecule has 1 atom stereocenters. The molecule has 0 fully saturated rings. The van der Waals surface area contributed by atoms with Crippen molar-refractivity contribution in [3.8, 4) is 17.2 Å². The molecule has 1 N–H and O–H groups in total. The normalized spacial score (nSPS) is 11.6. The lowest BCUT2D eigenvalue weighted by molar-refractivity contribution is -0.123. The molecule has 6 heteroatoms. The molecule has 2 aromatic rings. The topological polar surface area (TPSA) is 56.8 Å². The number of benzene rings is 2. The summed E-state index contributed by atoms with van der Waals surface area (Å²) in [5.41, 5.74) is 1.67. The van der Waals surface area contributed by atoms with Gasteiger partial charge in [-0.25, -0.2) is 4.39 Å². The van der Waals surface area contributed by atoms with Crippen molar-refractivity contribution >= 4 is 5.91 Å². The second-order valence-electron chi connectivity index (χ2n) is 5.63. The molecule has 1 unspecified atom stereocenters. The third-order valence-corrected chi connectivity index (χ3v) is 3.73. The van der Waals surface area contributed by atoms with Crippen molar-refractivity contribution in [1.29, 1.82) is 0 Å². The van der Waals surface area contributed by atoms with Gasteiger partial charge in [0, 0.05) is 0 Å². The van der Waals surface area contributed by atoms with Gasteiger partial charge in [0.2, 0.25) is 0 Å². The molecule has 0 saturated heterocycles. The maximum atomic E-state index is 13.8. The molecule has 0 saturated carbocycles. The zero-order chi connectivity index (χ0) is 18.4. The van der Waals surface area contributed by atoms with Crippen molar-refractivity contribution in [3.63, 3.8) is 0 Å². The van der Waals surface area contributed by atoms with Crippen molar-refractivity contribution in [1.82, 2.24) is 5.32 Å². The second-order valence-corrected chi connectivity index (χ2v) is 5.63. The van der Waals surface area contributed by atoms with E-state index in [1.54, 1.807) is 26.2 Å². The molecular formula is C19H22FNO4. The van der Waals surface area contributed by atoms with E-state index in [2.05, 4.69) is 5.32 Å². The molecule has 5 nitrogen and oxygen atoms in total. The summed E-state index contributed by atoms with van der Waals surface area (Å²) in [5, 5.41) is 2.77. The van der Waals surface area contributed by atoms with Gasteiger partial charge < -0.3 is 19.5 Å². The molecule has 0 aliphatic heterocycles. The number of rotatable bonds is 7. The second kappa shape index (κ2) is 8.37. The summed E-state index contributed by atoms with van der Waals surface area (Å²) in [6, 6.07) is 9.67. The summed E-state index contributed by atoms with van der Waals surface area (Å²) in [6.45, 7) is 3.54. The van der Waals surface area contributed by atoms with Gasteiger partial charge in [-0.05, 0) is 49.2 Å². The molecule has 0 spiro atoms. The van der Waals surface area contributed by atoms with Crippen LogP contribution in [0.25, 0.3) is 0 Å². The highest BCUT2D eigenvalue weighted by Crippen LogP contribution is 2.27. The minimum atomic E-state index is -0.471. The molecule has 0 radical (unpaired) electrons. The predicted molar refractivity (Wildman–Crippen MR) is 92.7 cm³/mol. The van der Waals surface area contributed by atoms with Crippen LogP contribution in [0.1, 0.15) is 24.1 Å². The van der Waals surface area contributed by atoms with Gasteiger partial charge in [0.1, 0.15) is 0 Å². The Kier molecular flexibility index (Phi) is 6.22. The molecule has 2 aromatic carbocycles. The van der Waals surface area contributed by atoms with Crippen LogP contribution in [0.15, 0.2) is 36.4 Å². The van der Waals surface area contributed by atoms with E-state index in [-0.39, 0.29) is 24.3 Å².